The Hall–Kier alpha value is -3.14. The molecule has 1 N–H and O–H groups in total. The topological polar surface area (TPSA) is 51.1 Å². The number of carbonyl (C=O) groups is 1. The number of rotatable bonds is 5. The van der Waals surface area contributed by atoms with Crippen LogP contribution in [0.1, 0.15) is 34.3 Å². The first-order chi connectivity index (χ1) is 12.6. The summed E-state index contributed by atoms with van der Waals surface area (Å²) in [7, 11) is 1.66. The van der Waals surface area contributed by atoms with Gasteiger partial charge < -0.3 is 9.88 Å². The molecule has 26 heavy (non-hydrogen) atoms. The molecule has 1 amide bonds. The van der Waals surface area contributed by atoms with Gasteiger partial charge in [0.25, 0.3) is 11.5 Å². The van der Waals surface area contributed by atoms with Crippen LogP contribution in [0.15, 0.2) is 83.8 Å². The quantitative estimate of drug-likeness (QED) is 0.770. The van der Waals surface area contributed by atoms with E-state index in [-0.39, 0.29) is 23.4 Å². The lowest BCUT2D eigenvalue weighted by atomic mass is 9.85. The van der Waals surface area contributed by atoms with Crippen molar-refractivity contribution in [3.63, 3.8) is 0 Å². The molecule has 1 unspecified atom stereocenters. The smallest absolute Gasteiger partial charge is 0.251 e. The van der Waals surface area contributed by atoms with E-state index in [1.54, 1.807) is 19.3 Å². The van der Waals surface area contributed by atoms with Crippen molar-refractivity contribution in [1.29, 1.82) is 0 Å². The fourth-order valence-electron chi connectivity index (χ4n) is 3.15. The Morgan fingerprint density at radius 3 is 1.96 bits per heavy atom. The molecule has 0 aliphatic carbocycles. The normalized spacial score (nSPS) is 12.0. The van der Waals surface area contributed by atoms with Crippen LogP contribution in [0.3, 0.4) is 0 Å². The van der Waals surface area contributed by atoms with Gasteiger partial charge in [-0.3, -0.25) is 9.59 Å². The molecular weight excluding hydrogens is 324 g/mol. The van der Waals surface area contributed by atoms with Crippen LogP contribution in [0.5, 0.6) is 0 Å². The Morgan fingerprint density at radius 1 is 0.923 bits per heavy atom. The molecule has 0 aliphatic heterocycles. The van der Waals surface area contributed by atoms with Crippen LogP contribution in [-0.2, 0) is 7.05 Å². The summed E-state index contributed by atoms with van der Waals surface area (Å²) in [5.74, 6) is -0.222. The molecule has 1 atom stereocenters. The average Bonchev–Trinajstić information content (AvgIpc) is 2.66. The number of amides is 1. The van der Waals surface area contributed by atoms with Gasteiger partial charge in [-0.05, 0) is 24.1 Å². The van der Waals surface area contributed by atoms with Crippen LogP contribution in [0, 0.1) is 0 Å². The van der Waals surface area contributed by atoms with E-state index in [9.17, 15) is 9.59 Å². The van der Waals surface area contributed by atoms with E-state index in [4.69, 9.17) is 0 Å². The van der Waals surface area contributed by atoms with Gasteiger partial charge in [0.15, 0.2) is 0 Å². The summed E-state index contributed by atoms with van der Waals surface area (Å²) >= 11 is 0. The minimum absolute atomic E-state index is 0.0212. The van der Waals surface area contributed by atoms with Crippen molar-refractivity contribution in [2.45, 2.75) is 18.9 Å². The molecule has 3 rings (SSSR count). The molecule has 4 heteroatoms. The lowest BCUT2D eigenvalue weighted by Gasteiger charge is -2.26. The molecule has 4 nitrogen and oxygen atoms in total. The standard InChI is InChI=1S/C22H22N2O2/c1-16(23-22(26)19-13-14-24(2)20(25)15-19)21(17-9-5-3-6-10-17)18-11-7-4-8-12-18/h3-16,21H,1-2H3,(H,23,26). The third kappa shape index (κ3) is 3.91. The summed E-state index contributed by atoms with van der Waals surface area (Å²) in [4.78, 5) is 24.4. The Bertz CT molecular complexity index is 894. The van der Waals surface area contributed by atoms with Crippen molar-refractivity contribution >= 4 is 5.91 Å². The van der Waals surface area contributed by atoms with E-state index >= 15 is 0 Å². The second kappa shape index (κ2) is 7.83. The second-order valence-corrected chi connectivity index (χ2v) is 6.43. The van der Waals surface area contributed by atoms with Gasteiger partial charge in [-0.1, -0.05) is 60.7 Å². The van der Waals surface area contributed by atoms with E-state index in [0.717, 1.165) is 11.1 Å². The Labute approximate surface area is 153 Å². The first-order valence-corrected chi connectivity index (χ1v) is 8.63. The largest absolute Gasteiger partial charge is 0.349 e. The maximum atomic E-state index is 12.6. The molecule has 0 saturated heterocycles. The average molecular weight is 346 g/mol. The number of carbonyl (C=O) groups excluding carboxylic acids is 1. The van der Waals surface area contributed by atoms with Crippen LogP contribution in [-0.4, -0.2) is 16.5 Å². The SMILES string of the molecule is CC(NC(=O)c1ccn(C)c(=O)c1)C(c1ccccc1)c1ccccc1. The van der Waals surface area contributed by atoms with Gasteiger partial charge in [0.05, 0.1) is 0 Å². The molecule has 1 aromatic heterocycles. The molecule has 0 fully saturated rings. The highest BCUT2D eigenvalue weighted by atomic mass is 16.2. The van der Waals surface area contributed by atoms with Crippen LogP contribution in [0.4, 0.5) is 0 Å². The van der Waals surface area contributed by atoms with Crippen molar-refractivity contribution in [2.75, 3.05) is 0 Å². The zero-order valence-electron chi connectivity index (χ0n) is 14.9. The fraction of sp³-hybridized carbons (Fsp3) is 0.182. The minimum Gasteiger partial charge on any atom is -0.349 e. The molecule has 0 bridgehead atoms. The van der Waals surface area contributed by atoms with Gasteiger partial charge in [-0.25, -0.2) is 0 Å². The Balaban J connectivity index is 1.88. The van der Waals surface area contributed by atoms with Crippen molar-refractivity contribution < 1.29 is 4.79 Å². The van der Waals surface area contributed by atoms with Crippen LogP contribution < -0.4 is 10.9 Å². The first-order valence-electron chi connectivity index (χ1n) is 8.63. The van der Waals surface area contributed by atoms with Crippen LogP contribution >= 0.6 is 0 Å². The van der Waals surface area contributed by atoms with E-state index < -0.39 is 0 Å². The molecule has 132 valence electrons. The lowest BCUT2D eigenvalue weighted by Crippen LogP contribution is -2.38. The van der Waals surface area contributed by atoms with Crippen molar-refractivity contribution in [1.82, 2.24) is 9.88 Å². The monoisotopic (exact) mass is 346 g/mol. The molecule has 2 aromatic carbocycles. The van der Waals surface area contributed by atoms with Gasteiger partial charge >= 0.3 is 0 Å². The van der Waals surface area contributed by atoms with Crippen molar-refractivity contribution in [2.24, 2.45) is 7.05 Å². The Morgan fingerprint density at radius 2 is 1.46 bits per heavy atom. The molecule has 3 aromatic rings. The van der Waals surface area contributed by atoms with Gasteiger partial charge in [0.2, 0.25) is 0 Å². The number of benzene rings is 2. The molecule has 0 saturated carbocycles. The Kier molecular flexibility index (Phi) is 5.32. The molecule has 0 radical (unpaired) electrons. The summed E-state index contributed by atoms with van der Waals surface area (Å²) < 4.78 is 1.44. The van der Waals surface area contributed by atoms with E-state index in [1.165, 1.54) is 10.6 Å². The molecule has 0 spiro atoms. The number of nitrogens with one attached hydrogen (secondary N) is 1. The third-order valence-corrected chi connectivity index (χ3v) is 4.54. The zero-order chi connectivity index (χ0) is 18.5. The van der Waals surface area contributed by atoms with Crippen molar-refractivity contribution in [3.8, 4) is 0 Å². The first kappa shape index (κ1) is 17.7. The number of aryl methyl sites for hydroxylation is 1. The summed E-state index contributed by atoms with van der Waals surface area (Å²) in [6, 6.07) is 23.1. The van der Waals surface area contributed by atoms with Gasteiger partial charge in [0.1, 0.15) is 0 Å². The van der Waals surface area contributed by atoms with Crippen LogP contribution in [0.2, 0.25) is 0 Å². The molecular formula is C22H22N2O2. The summed E-state index contributed by atoms with van der Waals surface area (Å²) in [5.41, 5.74) is 2.44. The van der Waals surface area contributed by atoms with E-state index in [2.05, 4.69) is 29.6 Å². The highest BCUT2D eigenvalue weighted by molar-refractivity contribution is 5.94. The number of pyridine rings is 1. The fourth-order valence-corrected chi connectivity index (χ4v) is 3.15. The minimum atomic E-state index is -0.243. The summed E-state index contributed by atoms with van der Waals surface area (Å²) in [6.45, 7) is 1.99. The predicted molar refractivity (Wildman–Crippen MR) is 103 cm³/mol. The van der Waals surface area contributed by atoms with Crippen LogP contribution in [0.25, 0.3) is 0 Å². The van der Waals surface area contributed by atoms with E-state index in [0.29, 0.717) is 5.56 Å². The highest BCUT2D eigenvalue weighted by Crippen LogP contribution is 2.28. The number of hydrogen-bond donors (Lipinski definition) is 1. The van der Waals surface area contributed by atoms with E-state index in [1.807, 2.05) is 43.3 Å². The maximum absolute atomic E-state index is 12.6. The third-order valence-electron chi connectivity index (χ3n) is 4.54. The molecule has 0 aliphatic rings. The number of aromatic nitrogens is 1. The predicted octanol–water partition coefficient (Wildman–Crippen LogP) is 3.34. The summed E-state index contributed by atoms with van der Waals surface area (Å²) in [5, 5.41) is 3.05. The van der Waals surface area contributed by atoms with Gasteiger partial charge in [-0.2, -0.15) is 0 Å². The van der Waals surface area contributed by atoms with Gasteiger partial charge in [-0.15, -0.1) is 0 Å². The second-order valence-electron chi connectivity index (χ2n) is 6.43. The zero-order valence-corrected chi connectivity index (χ0v) is 14.9. The number of hydrogen-bond acceptors (Lipinski definition) is 2. The maximum Gasteiger partial charge on any atom is 0.251 e. The lowest BCUT2D eigenvalue weighted by molar-refractivity contribution is 0.0936. The number of nitrogens with zero attached hydrogens (tertiary/aromatic N) is 1. The van der Waals surface area contributed by atoms with Crippen molar-refractivity contribution in [3.05, 3.63) is 106 Å². The highest BCUT2D eigenvalue weighted by Gasteiger charge is 2.23. The summed E-state index contributed by atoms with van der Waals surface area (Å²) in [6.07, 6.45) is 1.60. The van der Waals surface area contributed by atoms with Gasteiger partial charge in [0, 0.05) is 36.8 Å². The molecule has 1 heterocycles.